The molecule has 0 atom stereocenters. The maximum Gasteiger partial charge on any atom is 0.201 e. The van der Waals surface area contributed by atoms with Crippen LogP contribution in [-0.2, 0) is 5.75 Å². The number of para-hydroxylation sites is 1. The van der Waals surface area contributed by atoms with Crippen LogP contribution in [0, 0.1) is 0 Å². The number of nitrogens with zero attached hydrogens (tertiary/aromatic N) is 1. The third kappa shape index (κ3) is 3.21. The van der Waals surface area contributed by atoms with Gasteiger partial charge in [-0.05, 0) is 35.4 Å². The van der Waals surface area contributed by atoms with Crippen molar-refractivity contribution in [3.8, 4) is 11.1 Å². The van der Waals surface area contributed by atoms with Gasteiger partial charge in [0.1, 0.15) is 5.58 Å². The highest BCUT2D eigenvalue weighted by Crippen LogP contribution is 2.33. The number of aromatic nitrogens is 1. The highest BCUT2D eigenvalue weighted by molar-refractivity contribution is 7.98. The molecule has 0 saturated heterocycles. The summed E-state index contributed by atoms with van der Waals surface area (Å²) in [7, 11) is 0. The molecule has 4 aromatic rings. The van der Waals surface area contributed by atoms with Gasteiger partial charge in [0.15, 0.2) is 5.09 Å². The van der Waals surface area contributed by atoms with E-state index in [-0.39, 0.29) is 5.43 Å². The summed E-state index contributed by atoms with van der Waals surface area (Å²) in [6, 6.07) is 21.0. The summed E-state index contributed by atoms with van der Waals surface area (Å²) < 4.78 is 6.10. The van der Waals surface area contributed by atoms with Crippen LogP contribution in [-0.4, -0.2) is 4.98 Å². The van der Waals surface area contributed by atoms with Crippen LogP contribution in [0.2, 0.25) is 0 Å². The third-order valence-corrected chi connectivity index (χ3v) is 4.97. The van der Waals surface area contributed by atoms with Gasteiger partial charge < -0.3 is 4.42 Å². The minimum absolute atomic E-state index is 0.00489. The lowest BCUT2D eigenvalue weighted by Crippen LogP contribution is -2.07. The van der Waals surface area contributed by atoms with Crippen molar-refractivity contribution in [3.05, 3.63) is 94.9 Å². The molecule has 0 aliphatic rings. The number of thioether (sulfide) groups is 1. The summed E-state index contributed by atoms with van der Waals surface area (Å²) in [4.78, 5) is 17.1. The highest BCUT2D eigenvalue weighted by atomic mass is 32.2. The van der Waals surface area contributed by atoms with Gasteiger partial charge in [-0.25, -0.2) is 0 Å². The molecule has 25 heavy (non-hydrogen) atoms. The van der Waals surface area contributed by atoms with Crippen molar-refractivity contribution in [1.82, 2.24) is 4.98 Å². The Morgan fingerprint density at radius 3 is 2.40 bits per heavy atom. The second-order valence-electron chi connectivity index (χ2n) is 5.60. The van der Waals surface area contributed by atoms with Gasteiger partial charge in [-0.1, -0.05) is 54.2 Å². The molecular weight excluding hydrogens is 330 g/mol. The molecule has 4 heteroatoms. The fourth-order valence-electron chi connectivity index (χ4n) is 2.70. The van der Waals surface area contributed by atoms with E-state index >= 15 is 0 Å². The molecule has 0 fully saturated rings. The maximum atomic E-state index is 13.1. The van der Waals surface area contributed by atoms with Crippen LogP contribution in [0.25, 0.3) is 22.1 Å². The number of hydrogen-bond acceptors (Lipinski definition) is 4. The van der Waals surface area contributed by atoms with Crippen molar-refractivity contribution in [2.45, 2.75) is 10.8 Å². The molecule has 0 bridgehead atoms. The van der Waals surface area contributed by atoms with Gasteiger partial charge in [-0.3, -0.25) is 9.78 Å². The number of pyridine rings is 1. The number of rotatable bonds is 4. The molecule has 2 aromatic heterocycles. The molecule has 122 valence electrons. The molecule has 0 aliphatic carbocycles. The Bertz CT molecular complexity index is 1060. The van der Waals surface area contributed by atoms with Crippen LogP contribution < -0.4 is 5.43 Å². The van der Waals surface area contributed by atoms with Crippen LogP contribution in [0.5, 0.6) is 0 Å². The minimum atomic E-state index is 0.00489. The van der Waals surface area contributed by atoms with E-state index in [4.69, 9.17) is 4.42 Å². The third-order valence-electron chi connectivity index (χ3n) is 3.95. The minimum Gasteiger partial charge on any atom is -0.449 e. The Morgan fingerprint density at radius 2 is 1.60 bits per heavy atom. The molecule has 0 unspecified atom stereocenters. The van der Waals surface area contributed by atoms with Gasteiger partial charge in [0, 0.05) is 18.1 Å². The first kappa shape index (κ1) is 15.7. The van der Waals surface area contributed by atoms with Gasteiger partial charge >= 0.3 is 0 Å². The van der Waals surface area contributed by atoms with Crippen molar-refractivity contribution >= 4 is 22.7 Å². The van der Waals surface area contributed by atoms with E-state index in [1.807, 2.05) is 66.7 Å². The molecule has 0 amide bonds. The zero-order chi connectivity index (χ0) is 17.1. The summed E-state index contributed by atoms with van der Waals surface area (Å²) in [5.74, 6) is 0.712. The molecule has 0 radical (unpaired) electrons. The first-order chi connectivity index (χ1) is 12.3. The van der Waals surface area contributed by atoms with Crippen LogP contribution in [0.15, 0.2) is 93.4 Å². The van der Waals surface area contributed by atoms with E-state index in [1.54, 1.807) is 12.4 Å². The maximum absolute atomic E-state index is 13.1. The monoisotopic (exact) mass is 345 g/mol. The predicted octanol–water partition coefficient (Wildman–Crippen LogP) is 5.15. The summed E-state index contributed by atoms with van der Waals surface area (Å²) in [6.07, 6.45) is 3.54. The quantitative estimate of drug-likeness (QED) is 0.480. The Kier molecular flexibility index (Phi) is 4.36. The molecule has 2 aromatic carbocycles. The van der Waals surface area contributed by atoms with Crippen molar-refractivity contribution < 1.29 is 4.42 Å². The zero-order valence-corrected chi connectivity index (χ0v) is 14.2. The van der Waals surface area contributed by atoms with Crippen molar-refractivity contribution in [1.29, 1.82) is 0 Å². The highest BCUT2D eigenvalue weighted by Gasteiger charge is 2.16. The molecule has 0 saturated carbocycles. The first-order valence-corrected chi connectivity index (χ1v) is 8.94. The fourth-order valence-corrected chi connectivity index (χ4v) is 3.70. The molecule has 0 aliphatic heterocycles. The van der Waals surface area contributed by atoms with Gasteiger partial charge in [-0.2, -0.15) is 0 Å². The fraction of sp³-hybridized carbons (Fsp3) is 0.0476. The molecule has 3 nitrogen and oxygen atoms in total. The zero-order valence-electron chi connectivity index (χ0n) is 13.4. The summed E-state index contributed by atoms with van der Waals surface area (Å²) in [6.45, 7) is 0. The van der Waals surface area contributed by atoms with Crippen molar-refractivity contribution in [2.75, 3.05) is 0 Å². The number of hydrogen-bond donors (Lipinski definition) is 0. The topological polar surface area (TPSA) is 43.1 Å². The SMILES string of the molecule is O=c1c(-c2ccccc2)c(SCc2ccncc2)oc2ccccc12. The van der Waals surface area contributed by atoms with Gasteiger partial charge in [0.05, 0.1) is 10.9 Å². The van der Waals surface area contributed by atoms with Gasteiger partial charge in [-0.15, -0.1) is 0 Å². The Hall–Kier alpha value is -2.85. The van der Waals surface area contributed by atoms with E-state index in [9.17, 15) is 4.79 Å². The number of benzene rings is 2. The second kappa shape index (κ2) is 6.95. The van der Waals surface area contributed by atoms with E-state index in [0.717, 1.165) is 11.1 Å². The smallest absolute Gasteiger partial charge is 0.201 e. The standard InChI is InChI=1S/C21H15NO2S/c23-20-17-8-4-5-9-18(17)24-21(19(20)16-6-2-1-3-7-16)25-14-15-10-12-22-13-11-15/h1-13H,14H2. The largest absolute Gasteiger partial charge is 0.449 e. The van der Waals surface area contributed by atoms with Crippen molar-refractivity contribution in [2.24, 2.45) is 0 Å². The number of fused-ring (bicyclic) bond motifs is 1. The van der Waals surface area contributed by atoms with E-state index in [2.05, 4.69) is 4.98 Å². The lowest BCUT2D eigenvalue weighted by Gasteiger charge is -2.10. The van der Waals surface area contributed by atoms with Crippen LogP contribution in [0.1, 0.15) is 5.56 Å². The molecule has 4 rings (SSSR count). The summed E-state index contributed by atoms with van der Waals surface area (Å²) in [5.41, 5.74) is 3.25. The van der Waals surface area contributed by atoms with Gasteiger partial charge in [0.2, 0.25) is 5.43 Å². The molecule has 2 heterocycles. The first-order valence-electron chi connectivity index (χ1n) is 7.96. The van der Waals surface area contributed by atoms with Gasteiger partial charge in [0.25, 0.3) is 0 Å². The molecule has 0 N–H and O–H groups in total. The second-order valence-corrected chi connectivity index (χ2v) is 6.55. The summed E-state index contributed by atoms with van der Waals surface area (Å²) in [5, 5.41) is 1.25. The predicted molar refractivity (Wildman–Crippen MR) is 102 cm³/mol. The molecular formula is C21H15NO2S. The van der Waals surface area contributed by atoms with E-state index in [1.165, 1.54) is 11.8 Å². The van der Waals surface area contributed by atoms with Crippen LogP contribution in [0.3, 0.4) is 0 Å². The Morgan fingerprint density at radius 1 is 0.880 bits per heavy atom. The van der Waals surface area contributed by atoms with E-state index < -0.39 is 0 Å². The summed E-state index contributed by atoms with van der Waals surface area (Å²) >= 11 is 1.53. The Balaban J connectivity index is 1.85. The van der Waals surface area contributed by atoms with Crippen LogP contribution in [0.4, 0.5) is 0 Å². The van der Waals surface area contributed by atoms with Crippen molar-refractivity contribution in [3.63, 3.8) is 0 Å². The average Bonchev–Trinajstić information content (AvgIpc) is 2.68. The Labute approximate surface area is 149 Å². The average molecular weight is 345 g/mol. The van der Waals surface area contributed by atoms with E-state index in [0.29, 0.717) is 27.4 Å². The molecule has 0 spiro atoms. The lowest BCUT2D eigenvalue weighted by atomic mass is 10.1. The van der Waals surface area contributed by atoms with Crippen LogP contribution >= 0.6 is 11.8 Å². The lowest BCUT2D eigenvalue weighted by molar-refractivity contribution is 0.503. The normalized spacial score (nSPS) is 10.9.